The number of alkyl halides is 6. The minimum atomic E-state index is -5.08. The van der Waals surface area contributed by atoms with E-state index in [2.05, 4.69) is 0 Å². The summed E-state index contributed by atoms with van der Waals surface area (Å²) < 4.78 is 85.3. The Bertz CT molecular complexity index is 864. The molecule has 30 heavy (non-hydrogen) atoms. The molecule has 2 rings (SSSR count). The van der Waals surface area contributed by atoms with Gasteiger partial charge in [0.1, 0.15) is 5.75 Å². The van der Waals surface area contributed by atoms with E-state index in [-0.39, 0.29) is 25.0 Å². The Balaban J connectivity index is 0.00000450. The molecular formula is C20H20F6LiO2P. The number of rotatable bonds is 6. The Hall–Kier alpha value is -1.48. The maximum atomic E-state index is 13.3. The summed E-state index contributed by atoms with van der Waals surface area (Å²) in [7, 11) is -0.896. The van der Waals surface area contributed by atoms with Crippen molar-refractivity contribution in [1.29, 1.82) is 0 Å². The molecular weight excluding hydrogens is 424 g/mol. The standard InChI is InChI=1S/C20H19F6O2P.Li.H/c1-4-12(3)28-13-8-9-16(11(2)10-13)29-18(27)17-14(19(21,22)23)6-5-7-15(17)20(24,25)26;;/h5-10,12,29H,4H2,1-3H3;;. The normalized spacial score (nSPS) is 13.2. The summed E-state index contributed by atoms with van der Waals surface area (Å²) in [6.07, 6.45) is -9.47. The van der Waals surface area contributed by atoms with Crippen molar-refractivity contribution in [3.8, 4) is 5.75 Å². The van der Waals surface area contributed by atoms with Gasteiger partial charge in [-0.05, 0) is 64.0 Å². The molecule has 0 aliphatic heterocycles. The van der Waals surface area contributed by atoms with Crippen molar-refractivity contribution >= 4 is 38.3 Å². The predicted molar refractivity (Wildman–Crippen MR) is 107 cm³/mol. The molecule has 0 bridgehead atoms. The van der Waals surface area contributed by atoms with E-state index < -0.39 is 43.1 Å². The van der Waals surface area contributed by atoms with Crippen LogP contribution >= 0.6 is 8.58 Å². The van der Waals surface area contributed by atoms with Gasteiger partial charge in [0.05, 0.1) is 17.2 Å². The topological polar surface area (TPSA) is 26.3 Å². The van der Waals surface area contributed by atoms with Gasteiger partial charge >= 0.3 is 31.2 Å². The van der Waals surface area contributed by atoms with Crippen LogP contribution in [0.2, 0.25) is 0 Å². The van der Waals surface area contributed by atoms with Crippen molar-refractivity contribution in [3.63, 3.8) is 0 Å². The third-order valence-corrected chi connectivity index (χ3v) is 5.57. The van der Waals surface area contributed by atoms with Gasteiger partial charge in [0.15, 0.2) is 5.52 Å². The van der Waals surface area contributed by atoms with E-state index in [1.807, 2.05) is 13.8 Å². The number of ether oxygens (including phenoxy) is 1. The molecule has 0 aromatic heterocycles. The first kappa shape index (κ1) is 26.6. The van der Waals surface area contributed by atoms with Crippen molar-refractivity contribution in [1.82, 2.24) is 0 Å². The molecule has 10 heteroatoms. The van der Waals surface area contributed by atoms with Crippen molar-refractivity contribution < 1.29 is 35.9 Å². The second-order valence-corrected chi connectivity index (χ2v) is 7.73. The van der Waals surface area contributed by atoms with Gasteiger partial charge in [0, 0.05) is 5.56 Å². The van der Waals surface area contributed by atoms with Crippen molar-refractivity contribution in [2.24, 2.45) is 0 Å². The summed E-state index contributed by atoms with van der Waals surface area (Å²) in [5, 5.41) is 0.358. The average molecular weight is 444 g/mol. The number of aryl methyl sites for hydroxylation is 1. The third-order valence-electron chi connectivity index (χ3n) is 4.26. The Morgan fingerprint density at radius 1 is 1.03 bits per heavy atom. The number of benzene rings is 2. The Kier molecular flexibility index (Phi) is 9.04. The third kappa shape index (κ3) is 6.51. The van der Waals surface area contributed by atoms with Crippen LogP contribution in [0.3, 0.4) is 0 Å². The molecule has 0 spiro atoms. The predicted octanol–water partition coefficient (Wildman–Crippen LogP) is 5.71. The fraction of sp³-hybridized carbons (Fsp3) is 0.350. The van der Waals surface area contributed by atoms with Gasteiger partial charge in [0.2, 0.25) is 0 Å². The van der Waals surface area contributed by atoms with Crippen molar-refractivity contribution in [3.05, 3.63) is 58.7 Å². The fourth-order valence-electron chi connectivity index (χ4n) is 2.62. The maximum absolute atomic E-state index is 13.3. The van der Waals surface area contributed by atoms with Gasteiger partial charge in [0.25, 0.3) is 0 Å². The summed E-state index contributed by atoms with van der Waals surface area (Å²) in [5.74, 6) is 0.518. The van der Waals surface area contributed by atoms with Gasteiger partial charge in [-0.1, -0.05) is 19.1 Å². The van der Waals surface area contributed by atoms with Crippen molar-refractivity contribution in [2.45, 2.75) is 45.6 Å². The molecule has 0 aliphatic carbocycles. The molecule has 0 saturated carbocycles. The van der Waals surface area contributed by atoms with E-state index in [1.54, 1.807) is 19.1 Å². The van der Waals surface area contributed by atoms with Crippen LogP contribution in [0.5, 0.6) is 5.75 Å². The van der Waals surface area contributed by atoms with Gasteiger partial charge in [-0.15, -0.1) is 0 Å². The van der Waals surface area contributed by atoms with Gasteiger partial charge < -0.3 is 4.74 Å². The Morgan fingerprint density at radius 3 is 2.00 bits per heavy atom. The van der Waals surface area contributed by atoms with Crippen LogP contribution in [0, 0.1) is 6.92 Å². The van der Waals surface area contributed by atoms with Crippen LogP contribution in [0.25, 0.3) is 0 Å². The number of hydrogen-bond donors (Lipinski definition) is 0. The molecule has 0 heterocycles. The molecule has 0 saturated heterocycles. The molecule has 2 aromatic carbocycles. The second-order valence-electron chi connectivity index (χ2n) is 6.49. The summed E-state index contributed by atoms with van der Waals surface area (Å²) in [5.41, 5.74) is -5.18. The summed E-state index contributed by atoms with van der Waals surface area (Å²) in [6, 6.07) is 6.29. The van der Waals surface area contributed by atoms with Gasteiger partial charge in [-0.25, -0.2) is 0 Å². The number of carbonyl (C=O) groups excluding carboxylic acids is 1. The van der Waals surface area contributed by atoms with Crippen molar-refractivity contribution in [2.75, 3.05) is 0 Å². The van der Waals surface area contributed by atoms with E-state index in [1.165, 1.54) is 6.07 Å². The zero-order valence-electron chi connectivity index (χ0n) is 15.8. The SMILES string of the molecule is CCC(C)Oc1ccc(PC(=O)c2c(C(F)(F)F)cccc2C(F)(F)F)c(C)c1.[LiH]. The number of halogens is 6. The molecule has 0 fully saturated rings. The summed E-state index contributed by atoms with van der Waals surface area (Å²) in [4.78, 5) is 12.6. The molecule has 2 nitrogen and oxygen atoms in total. The van der Waals surface area contributed by atoms with Crippen LogP contribution in [0.15, 0.2) is 36.4 Å². The van der Waals surface area contributed by atoms with Crippen LogP contribution in [-0.2, 0) is 12.4 Å². The molecule has 0 aliphatic rings. The zero-order chi connectivity index (χ0) is 22.0. The number of hydrogen-bond acceptors (Lipinski definition) is 2. The average Bonchev–Trinajstić information content (AvgIpc) is 2.61. The van der Waals surface area contributed by atoms with Crippen LogP contribution < -0.4 is 10.0 Å². The summed E-state index contributed by atoms with van der Waals surface area (Å²) in [6.45, 7) is 5.42. The Labute approximate surface area is 184 Å². The fourth-order valence-corrected chi connectivity index (χ4v) is 3.69. The van der Waals surface area contributed by atoms with E-state index in [0.717, 1.165) is 6.42 Å². The van der Waals surface area contributed by atoms with Gasteiger partial charge in [-0.3, -0.25) is 4.79 Å². The zero-order valence-corrected chi connectivity index (χ0v) is 16.8. The first-order valence-corrected chi connectivity index (χ1v) is 9.70. The van der Waals surface area contributed by atoms with E-state index in [4.69, 9.17) is 4.74 Å². The molecule has 2 atom stereocenters. The van der Waals surface area contributed by atoms with E-state index >= 15 is 0 Å². The molecule has 0 N–H and O–H groups in total. The number of carbonyl (C=O) groups is 1. The first-order chi connectivity index (χ1) is 13.3. The van der Waals surface area contributed by atoms with E-state index in [0.29, 0.717) is 34.8 Å². The molecule has 160 valence electrons. The molecule has 0 radical (unpaired) electrons. The molecule has 2 aromatic rings. The van der Waals surface area contributed by atoms with Crippen LogP contribution in [-0.4, -0.2) is 30.5 Å². The first-order valence-electron chi connectivity index (χ1n) is 8.70. The quantitative estimate of drug-likeness (QED) is 0.324. The molecule has 2 unspecified atom stereocenters. The second kappa shape index (κ2) is 10.2. The minimum absolute atomic E-state index is 0. The monoisotopic (exact) mass is 444 g/mol. The van der Waals surface area contributed by atoms with Gasteiger partial charge in [-0.2, -0.15) is 26.3 Å². The molecule has 0 amide bonds. The Morgan fingerprint density at radius 2 is 1.57 bits per heavy atom. The van der Waals surface area contributed by atoms with E-state index in [9.17, 15) is 31.1 Å². The van der Waals surface area contributed by atoms with Crippen LogP contribution in [0.1, 0.15) is 47.3 Å². The summed E-state index contributed by atoms with van der Waals surface area (Å²) >= 11 is 0. The van der Waals surface area contributed by atoms with Crippen LogP contribution in [0.4, 0.5) is 26.3 Å².